The quantitative estimate of drug-likeness (QED) is 0.514. The Labute approximate surface area is 160 Å². The first kappa shape index (κ1) is 16.5. The average molecular weight is 380 g/mol. The van der Waals surface area contributed by atoms with Crippen LogP contribution in [0.5, 0.6) is 0 Å². The van der Waals surface area contributed by atoms with E-state index in [1.54, 1.807) is 15.7 Å². The molecule has 1 aliphatic rings. The van der Waals surface area contributed by atoms with E-state index in [1.807, 2.05) is 36.9 Å². The van der Waals surface area contributed by atoms with Gasteiger partial charge >= 0.3 is 0 Å². The van der Waals surface area contributed by atoms with E-state index in [9.17, 15) is 0 Å². The summed E-state index contributed by atoms with van der Waals surface area (Å²) in [4.78, 5) is 4.33. The minimum absolute atomic E-state index is 0.515. The molecule has 28 heavy (non-hydrogen) atoms. The Morgan fingerprint density at radius 1 is 1.25 bits per heavy atom. The van der Waals surface area contributed by atoms with Crippen molar-refractivity contribution in [1.82, 2.24) is 49.6 Å². The highest BCUT2D eigenvalue weighted by Crippen LogP contribution is 2.41. The fraction of sp³-hybridized carbons (Fsp3) is 0.375. The van der Waals surface area contributed by atoms with Crippen LogP contribution in [0.2, 0.25) is 0 Å². The molecule has 4 aromatic rings. The van der Waals surface area contributed by atoms with Crippen LogP contribution >= 0.6 is 0 Å². The van der Waals surface area contributed by atoms with Crippen molar-refractivity contribution in [2.24, 2.45) is 14.1 Å². The maximum Gasteiger partial charge on any atom is 0.248 e. The van der Waals surface area contributed by atoms with Gasteiger partial charge in [0.2, 0.25) is 11.9 Å². The number of anilines is 4. The van der Waals surface area contributed by atoms with Gasteiger partial charge in [-0.2, -0.15) is 30.0 Å². The predicted molar refractivity (Wildman–Crippen MR) is 100 cm³/mol. The summed E-state index contributed by atoms with van der Waals surface area (Å²) in [6.45, 7) is 1.93. The lowest BCUT2D eigenvalue weighted by Crippen LogP contribution is -2.28. The third kappa shape index (κ3) is 2.78. The van der Waals surface area contributed by atoms with Crippen LogP contribution in [-0.4, -0.2) is 49.6 Å². The monoisotopic (exact) mass is 380 g/mol. The number of aromatic amines is 1. The van der Waals surface area contributed by atoms with Crippen molar-refractivity contribution >= 4 is 23.4 Å². The molecule has 1 fully saturated rings. The summed E-state index contributed by atoms with van der Waals surface area (Å²) in [7, 11) is 3.78. The molecule has 4 heterocycles. The number of H-pyrrole nitrogens is 1. The Balaban J connectivity index is 1.58. The van der Waals surface area contributed by atoms with Crippen molar-refractivity contribution in [2.75, 3.05) is 10.3 Å². The van der Waals surface area contributed by atoms with Crippen LogP contribution in [0.4, 0.5) is 23.4 Å². The summed E-state index contributed by atoms with van der Waals surface area (Å²) in [5.41, 5.74) is 2.78. The number of nitrogens with zero attached hydrogens (tertiary/aromatic N) is 10. The van der Waals surface area contributed by atoms with Gasteiger partial charge in [0.25, 0.3) is 0 Å². The van der Waals surface area contributed by atoms with Gasteiger partial charge in [-0.15, -0.1) is 10.2 Å². The maximum atomic E-state index is 4.67. The zero-order chi connectivity index (χ0) is 19.3. The van der Waals surface area contributed by atoms with Crippen LogP contribution in [0.1, 0.15) is 30.1 Å². The van der Waals surface area contributed by atoms with Gasteiger partial charge in [-0.3, -0.25) is 9.36 Å². The minimum Gasteiger partial charge on any atom is -0.320 e. The molecule has 1 saturated carbocycles. The van der Waals surface area contributed by atoms with Crippen LogP contribution in [0.15, 0.2) is 24.9 Å². The lowest BCUT2D eigenvalue weighted by molar-refractivity contribution is 0.691. The molecular formula is C16H20N12. The molecule has 12 nitrogen and oxygen atoms in total. The largest absolute Gasteiger partial charge is 0.320 e. The fourth-order valence-electron chi connectivity index (χ4n) is 3.18. The highest BCUT2D eigenvalue weighted by atomic mass is 15.7. The van der Waals surface area contributed by atoms with Gasteiger partial charge in [0.05, 0.1) is 17.1 Å². The van der Waals surface area contributed by atoms with Gasteiger partial charge in [-0.1, -0.05) is 0 Å². The molecule has 0 radical (unpaired) electrons. The first-order valence-electron chi connectivity index (χ1n) is 8.97. The van der Waals surface area contributed by atoms with Crippen LogP contribution in [0, 0.1) is 6.92 Å². The van der Waals surface area contributed by atoms with Crippen LogP contribution in [-0.2, 0) is 14.1 Å². The second-order valence-corrected chi connectivity index (χ2v) is 6.87. The molecular weight excluding hydrogens is 360 g/mol. The molecule has 4 aromatic heterocycles. The summed E-state index contributed by atoms with van der Waals surface area (Å²) in [6.07, 6.45) is 7.32. The van der Waals surface area contributed by atoms with E-state index >= 15 is 0 Å². The van der Waals surface area contributed by atoms with E-state index < -0.39 is 0 Å². The Morgan fingerprint density at radius 3 is 2.79 bits per heavy atom. The molecule has 0 atom stereocenters. The molecule has 0 saturated heterocycles. The molecule has 0 aromatic carbocycles. The van der Waals surface area contributed by atoms with Crippen LogP contribution < -0.4 is 10.3 Å². The smallest absolute Gasteiger partial charge is 0.248 e. The summed E-state index contributed by atoms with van der Waals surface area (Å²) in [5, 5.41) is 29.4. The second kappa shape index (κ2) is 6.18. The Morgan fingerprint density at radius 2 is 2.11 bits per heavy atom. The lowest BCUT2D eigenvalue weighted by atomic mass is 10.3. The van der Waals surface area contributed by atoms with E-state index in [4.69, 9.17) is 0 Å². The number of rotatable bonds is 6. The van der Waals surface area contributed by atoms with Crippen molar-refractivity contribution in [3.63, 3.8) is 0 Å². The van der Waals surface area contributed by atoms with E-state index in [-0.39, 0.29) is 0 Å². The number of aryl methyl sites for hydroxylation is 3. The van der Waals surface area contributed by atoms with E-state index in [0.717, 1.165) is 22.9 Å². The average Bonchev–Trinajstić information content (AvgIpc) is 3.02. The summed E-state index contributed by atoms with van der Waals surface area (Å²) < 4.78 is 5.34. The van der Waals surface area contributed by atoms with Gasteiger partial charge in [0, 0.05) is 32.3 Å². The summed E-state index contributed by atoms with van der Waals surface area (Å²) >= 11 is 0. The fourth-order valence-corrected chi connectivity index (χ4v) is 3.18. The summed E-state index contributed by atoms with van der Waals surface area (Å²) in [5.74, 6) is 2.40. The summed E-state index contributed by atoms with van der Waals surface area (Å²) in [6, 6.07) is 2.07. The van der Waals surface area contributed by atoms with Crippen LogP contribution in [0.25, 0.3) is 0 Å². The molecule has 12 heteroatoms. The van der Waals surface area contributed by atoms with Gasteiger partial charge in [-0.25, -0.2) is 5.10 Å². The highest BCUT2D eigenvalue weighted by molar-refractivity contribution is 5.59. The van der Waals surface area contributed by atoms with Crippen molar-refractivity contribution in [1.29, 1.82) is 0 Å². The SMILES string of the molecule is Cc1nn(C)cc1Nc1nncn1N(c1ncn[nH]1)c1cc(C2CC2)nn1C. The molecule has 2 N–H and O–H groups in total. The normalized spacial score (nSPS) is 13.8. The number of nitrogens with one attached hydrogen (secondary N) is 2. The van der Waals surface area contributed by atoms with E-state index in [1.165, 1.54) is 19.2 Å². The molecule has 0 unspecified atom stereocenters. The lowest BCUT2D eigenvalue weighted by Gasteiger charge is -2.22. The minimum atomic E-state index is 0.515. The van der Waals surface area contributed by atoms with Crippen LogP contribution in [0.3, 0.4) is 0 Å². The van der Waals surface area contributed by atoms with Crippen molar-refractivity contribution < 1.29 is 0 Å². The number of hydrogen-bond donors (Lipinski definition) is 2. The number of aromatic nitrogens is 10. The van der Waals surface area contributed by atoms with Gasteiger partial charge in [-0.05, 0) is 19.8 Å². The molecule has 0 amide bonds. The predicted octanol–water partition coefficient (Wildman–Crippen LogP) is 1.39. The maximum absolute atomic E-state index is 4.67. The third-order valence-electron chi connectivity index (χ3n) is 4.70. The Kier molecular flexibility index (Phi) is 3.64. The van der Waals surface area contributed by atoms with E-state index in [0.29, 0.717) is 17.8 Å². The standard InChI is InChI=1S/C16H20N12/c1-10-13(7-25(2)23-10)20-16-22-19-9-27(16)28(15-17-8-18-21-15)14-6-12(11-4-5-11)24-26(14)3/h6-9,11H,4-5H2,1-3H3,(H,20,22)(H,17,18,21). The zero-order valence-corrected chi connectivity index (χ0v) is 15.8. The van der Waals surface area contributed by atoms with E-state index in [2.05, 4.69) is 47.0 Å². The first-order chi connectivity index (χ1) is 13.6. The first-order valence-corrected chi connectivity index (χ1v) is 8.97. The Bertz CT molecular complexity index is 1100. The van der Waals surface area contributed by atoms with Gasteiger partial charge < -0.3 is 5.32 Å². The number of hydrogen-bond acceptors (Lipinski definition) is 8. The van der Waals surface area contributed by atoms with Crippen molar-refractivity contribution in [2.45, 2.75) is 25.7 Å². The third-order valence-corrected chi connectivity index (χ3v) is 4.70. The van der Waals surface area contributed by atoms with Crippen molar-refractivity contribution in [3.8, 4) is 0 Å². The Hall–Kier alpha value is -3.70. The highest BCUT2D eigenvalue weighted by Gasteiger charge is 2.30. The molecule has 0 aliphatic heterocycles. The van der Waals surface area contributed by atoms with Gasteiger partial charge in [0.15, 0.2) is 5.82 Å². The molecule has 5 rings (SSSR count). The molecule has 0 bridgehead atoms. The zero-order valence-electron chi connectivity index (χ0n) is 15.8. The molecule has 1 aliphatic carbocycles. The van der Waals surface area contributed by atoms with Crippen molar-refractivity contribution in [3.05, 3.63) is 36.3 Å². The van der Waals surface area contributed by atoms with Gasteiger partial charge in [0.1, 0.15) is 12.7 Å². The molecule has 0 spiro atoms. The second-order valence-electron chi connectivity index (χ2n) is 6.87. The topological polar surface area (TPSA) is 123 Å². The molecule has 144 valence electrons.